The summed E-state index contributed by atoms with van der Waals surface area (Å²) in [5.41, 5.74) is 3.06. The van der Waals surface area contributed by atoms with Gasteiger partial charge in [0.05, 0.1) is 0 Å². The summed E-state index contributed by atoms with van der Waals surface area (Å²) in [4.78, 5) is 0. The maximum atomic E-state index is 6.46. The van der Waals surface area contributed by atoms with E-state index in [0.29, 0.717) is 21.2 Å². The Hall–Kier alpha value is -0.790. The summed E-state index contributed by atoms with van der Waals surface area (Å²) >= 11 is 19.4. The molecule has 0 radical (unpaired) electrons. The molecule has 140 valence electrons. The molecular formula is C20H22Cl3O2P. The molecule has 2 aromatic carbocycles. The lowest BCUT2D eigenvalue weighted by atomic mass is 9.84. The Morgan fingerprint density at radius 1 is 0.692 bits per heavy atom. The van der Waals surface area contributed by atoms with Crippen molar-refractivity contribution in [1.82, 2.24) is 0 Å². The van der Waals surface area contributed by atoms with Crippen molar-refractivity contribution in [3.63, 3.8) is 0 Å². The molecule has 2 nitrogen and oxygen atoms in total. The summed E-state index contributed by atoms with van der Waals surface area (Å²) in [6, 6.07) is 7.65. The highest BCUT2D eigenvalue weighted by atomic mass is 35.7. The average molecular weight is 432 g/mol. The Morgan fingerprint density at radius 2 is 1.04 bits per heavy atom. The first kappa shape index (κ1) is 20.0. The Bertz CT molecular complexity index is 959. The van der Waals surface area contributed by atoms with Crippen LogP contribution in [0, 0.1) is 0 Å². The predicted molar refractivity (Wildman–Crippen MR) is 115 cm³/mol. The molecule has 0 atom stereocenters. The number of hydrogen-bond acceptors (Lipinski definition) is 2. The minimum atomic E-state index is -1.65. The Balaban J connectivity index is 2.67. The molecule has 0 N–H and O–H groups in total. The molecule has 0 amide bonds. The molecule has 6 heteroatoms. The number of benzene rings is 2. The van der Waals surface area contributed by atoms with Crippen molar-refractivity contribution in [2.24, 2.45) is 0 Å². The van der Waals surface area contributed by atoms with Crippen LogP contribution in [0.1, 0.15) is 52.7 Å². The van der Waals surface area contributed by atoms with Crippen molar-refractivity contribution in [3.8, 4) is 0 Å². The number of halogens is 3. The summed E-state index contributed by atoms with van der Waals surface area (Å²) in [7, 11) is -1.65. The summed E-state index contributed by atoms with van der Waals surface area (Å²) < 4.78 is 12.1. The van der Waals surface area contributed by atoms with Crippen LogP contribution in [-0.2, 0) is 10.8 Å². The van der Waals surface area contributed by atoms with Gasteiger partial charge in [0.15, 0.2) is 0 Å². The van der Waals surface area contributed by atoms with Gasteiger partial charge in [-0.1, -0.05) is 64.7 Å². The third kappa shape index (κ3) is 3.76. The lowest BCUT2D eigenvalue weighted by Crippen LogP contribution is -2.12. The largest absolute Gasteiger partial charge is 0.408 e. The van der Waals surface area contributed by atoms with Crippen molar-refractivity contribution >= 4 is 63.7 Å². The normalized spacial score (nSPS) is 12.8. The van der Waals surface area contributed by atoms with E-state index in [9.17, 15) is 0 Å². The molecule has 0 spiro atoms. The second kappa shape index (κ2) is 6.67. The molecule has 0 fully saturated rings. The van der Waals surface area contributed by atoms with E-state index in [0.717, 1.165) is 21.9 Å². The molecular weight excluding hydrogens is 410 g/mol. The van der Waals surface area contributed by atoms with Gasteiger partial charge in [0.25, 0.3) is 0 Å². The summed E-state index contributed by atoms with van der Waals surface area (Å²) in [6.45, 7) is 12.7. The van der Waals surface area contributed by atoms with Crippen molar-refractivity contribution in [2.45, 2.75) is 52.4 Å². The lowest BCUT2D eigenvalue weighted by molar-refractivity contribution is 0.570. The first-order valence-corrected chi connectivity index (χ1v) is 11.2. The van der Waals surface area contributed by atoms with Crippen LogP contribution in [0.5, 0.6) is 0 Å². The standard InChI is InChI=1S/C20H22Cl3O2P/c1-19(2,3)15-9-11(21)7-13-14-8-12(22)10-16(20(4,5)6)18(14)25-26(23)24-17(13)15/h7-10H,1-6H3. The maximum absolute atomic E-state index is 6.46. The molecule has 0 bridgehead atoms. The van der Waals surface area contributed by atoms with Crippen LogP contribution < -0.4 is 0 Å². The summed E-state index contributed by atoms with van der Waals surface area (Å²) in [5, 5.41) is 3.00. The van der Waals surface area contributed by atoms with E-state index < -0.39 is 7.37 Å². The number of rotatable bonds is 0. The van der Waals surface area contributed by atoms with E-state index in [1.54, 1.807) is 0 Å². The van der Waals surface area contributed by atoms with Crippen LogP contribution >= 0.6 is 41.8 Å². The summed E-state index contributed by atoms with van der Waals surface area (Å²) in [5.74, 6) is 0. The van der Waals surface area contributed by atoms with E-state index in [-0.39, 0.29) is 10.8 Å². The zero-order valence-electron chi connectivity index (χ0n) is 15.7. The van der Waals surface area contributed by atoms with Crippen molar-refractivity contribution < 1.29 is 8.39 Å². The van der Waals surface area contributed by atoms with Gasteiger partial charge in [0, 0.05) is 43.2 Å². The molecule has 0 aliphatic carbocycles. The van der Waals surface area contributed by atoms with Crippen LogP contribution in [0.2, 0.25) is 10.0 Å². The highest BCUT2D eigenvalue weighted by Crippen LogP contribution is 2.45. The SMILES string of the molecule is CC(C)(C)c1cc(Cl)cc2c1op(Cl)oc1c(C(C)(C)C)cc(Cl)cc12. The molecule has 3 rings (SSSR count). The predicted octanol–water partition coefficient (Wildman–Crippen LogP) is 9.19. The van der Waals surface area contributed by atoms with E-state index in [4.69, 9.17) is 42.8 Å². The van der Waals surface area contributed by atoms with Gasteiger partial charge in [-0.25, -0.2) is 0 Å². The molecule has 0 saturated carbocycles. The van der Waals surface area contributed by atoms with E-state index >= 15 is 0 Å². The Labute approximate surface area is 169 Å². The highest BCUT2D eigenvalue weighted by molar-refractivity contribution is 7.68. The minimum absolute atomic E-state index is 0.169. The molecule has 3 aromatic rings. The first-order valence-electron chi connectivity index (χ1n) is 8.38. The molecule has 0 unspecified atom stereocenters. The number of fused-ring (bicyclic) bond motifs is 3. The minimum Gasteiger partial charge on any atom is -0.408 e. The van der Waals surface area contributed by atoms with E-state index in [2.05, 4.69) is 41.5 Å². The third-order valence-electron chi connectivity index (χ3n) is 4.34. The molecule has 0 aliphatic rings. The first-order chi connectivity index (χ1) is 11.9. The van der Waals surface area contributed by atoms with Crippen molar-refractivity contribution in [1.29, 1.82) is 0 Å². The zero-order valence-corrected chi connectivity index (χ0v) is 18.9. The molecule has 0 saturated heterocycles. The van der Waals surface area contributed by atoms with Gasteiger partial charge >= 0.3 is 7.37 Å². The van der Waals surface area contributed by atoms with Gasteiger partial charge in [0.1, 0.15) is 11.2 Å². The Morgan fingerprint density at radius 3 is 1.35 bits per heavy atom. The fraction of sp³-hybridized carbons (Fsp3) is 0.400. The van der Waals surface area contributed by atoms with Crippen molar-refractivity contribution in [2.75, 3.05) is 0 Å². The van der Waals surface area contributed by atoms with Crippen LogP contribution in [0.4, 0.5) is 0 Å². The van der Waals surface area contributed by atoms with Crippen LogP contribution in [-0.4, -0.2) is 0 Å². The average Bonchev–Trinajstić information content (AvgIpc) is 2.60. The third-order valence-corrected chi connectivity index (χ3v) is 5.84. The molecule has 26 heavy (non-hydrogen) atoms. The second-order valence-electron chi connectivity index (χ2n) is 8.56. The Kier molecular flexibility index (Phi) is 5.12. The summed E-state index contributed by atoms with van der Waals surface area (Å²) in [6.07, 6.45) is 0. The molecule has 1 heterocycles. The van der Waals surface area contributed by atoms with Gasteiger partial charge in [-0.2, -0.15) is 0 Å². The quantitative estimate of drug-likeness (QED) is 0.354. The number of hydrogen-bond donors (Lipinski definition) is 0. The zero-order chi connectivity index (χ0) is 19.4. The molecule has 1 aromatic heterocycles. The van der Waals surface area contributed by atoms with Gasteiger partial charge < -0.3 is 8.39 Å². The molecule has 0 aliphatic heterocycles. The van der Waals surface area contributed by atoms with Gasteiger partial charge in [-0.3, -0.25) is 0 Å². The highest BCUT2D eigenvalue weighted by Gasteiger charge is 2.24. The monoisotopic (exact) mass is 430 g/mol. The fourth-order valence-corrected chi connectivity index (χ4v) is 4.63. The second-order valence-corrected chi connectivity index (χ2v) is 11.0. The van der Waals surface area contributed by atoms with E-state index in [1.165, 1.54) is 0 Å². The lowest BCUT2D eigenvalue weighted by Gasteiger charge is -2.21. The fourth-order valence-electron chi connectivity index (χ4n) is 3.06. The van der Waals surface area contributed by atoms with Gasteiger partial charge in [-0.15, -0.1) is 0 Å². The van der Waals surface area contributed by atoms with E-state index in [1.807, 2.05) is 24.3 Å². The topological polar surface area (TPSA) is 26.3 Å². The maximum Gasteiger partial charge on any atom is 0.327 e. The van der Waals surface area contributed by atoms with Crippen LogP contribution in [0.3, 0.4) is 0 Å². The van der Waals surface area contributed by atoms with Crippen LogP contribution in [0.25, 0.3) is 21.9 Å². The smallest absolute Gasteiger partial charge is 0.327 e. The van der Waals surface area contributed by atoms with Crippen molar-refractivity contribution in [3.05, 3.63) is 45.4 Å². The van der Waals surface area contributed by atoms with Crippen LogP contribution in [0.15, 0.2) is 32.7 Å². The van der Waals surface area contributed by atoms with Gasteiger partial charge in [0.2, 0.25) is 0 Å². The van der Waals surface area contributed by atoms with Gasteiger partial charge in [-0.05, 0) is 35.1 Å².